The third-order valence-electron chi connectivity index (χ3n) is 5.11. The molecule has 0 aliphatic heterocycles. The van der Waals surface area contributed by atoms with E-state index in [1.54, 1.807) is 6.92 Å². The number of amides is 1. The van der Waals surface area contributed by atoms with Crippen molar-refractivity contribution in [1.29, 1.82) is 0 Å². The Labute approximate surface area is 139 Å². The highest BCUT2D eigenvalue weighted by atomic mass is 35.5. The molecule has 2 bridgehead atoms. The van der Waals surface area contributed by atoms with Crippen LogP contribution in [0, 0.1) is 24.7 Å². The Morgan fingerprint density at radius 3 is 2.48 bits per heavy atom. The number of hydrogen-bond donors (Lipinski definition) is 2. The van der Waals surface area contributed by atoms with Crippen LogP contribution in [0.5, 0.6) is 0 Å². The summed E-state index contributed by atoms with van der Waals surface area (Å²) in [5, 5.41) is 2.66. The van der Waals surface area contributed by atoms with Crippen molar-refractivity contribution < 1.29 is 18.0 Å². The number of aryl methyl sites for hydroxylation is 1. The van der Waals surface area contributed by atoms with Gasteiger partial charge < -0.3 is 11.1 Å². The number of nitrogens with one attached hydrogen (secondary N) is 1. The predicted octanol–water partition coefficient (Wildman–Crippen LogP) is 3.75. The van der Waals surface area contributed by atoms with Crippen LogP contribution in [-0.4, -0.2) is 11.9 Å². The molecule has 1 aromatic rings. The zero-order chi connectivity index (χ0) is 16.1. The first-order valence-corrected chi connectivity index (χ1v) is 7.51. The number of halogens is 4. The first-order valence-electron chi connectivity index (χ1n) is 7.51. The highest BCUT2D eigenvalue weighted by Gasteiger charge is 2.49. The Kier molecular flexibility index (Phi) is 4.97. The van der Waals surface area contributed by atoms with Gasteiger partial charge in [0.15, 0.2) is 0 Å². The first kappa shape index (κ1) is 18.1. The fraction of sp³-hybridized carbons (Fsp3) is 0.562. The molecule has 0 aromatic heterocycles. The zero-order valence-electron chi connectivity index (χ0n) is 12.7. The molecule has 3 rings (SSSR count). The Balaban J connectivity index is 0.00000192. The number of fused-ring (bicyclic) bond motifs is 2. The van der Waals surface area contributed by atoms with Gasteiger partial charge in [0.25, 0.3) is 0 Å². The Morgan fingerprint density at radius 1 is 1.26 bits per heavy atom. The van der Waals surface area contributed by atoms with Gasteiger partial charge in [0.05, 0.1) is 11.5 Å². The molecule has 0 saturated heterocycles. The van der Waals surface area contributed by atoms with Crippen molar-refractivity contribution in [2.24, 2.45) is 23.5 Å². The van der Waals surface area contributed by atoms with Crippen molar-refractivity contribution in [2.75, 3.05) is 5.32 Å². The molecule has 1 amide bonds. The van der Waals surface area contributed by atoms with Crippen LogP contribution in [0.25, 0.3) is 0 Å². The summed E-state index contributed by atoms with van der Waals surface area (Å²) in [5.74, 6) is 0.115. The second kappa shape index (κ2) is 6.32. The van der Waals surface area contributed by atoms with E-state index in [4.69, 9.17) is 5.73 Å². The lowest BCUT2D eigenvalue weighted by atomic mass is 9.84. The maximum Gasteiger partial charge on any atom is 0.416 e. The van der Waals surface area contributed by atoms with E-state index in [1.165, 1.54) is 6.07 Å². The number of alkyl halides is 3. The molecule has 0 heterocycles. The molecule has 3 N–H and O–H groups in total. The van der Waals surface area contributed by atoms with E-state index in [-0.39, 0.29) is 41.9 Å². The van der Waals surface area contributed by atoms with E-state index in [1.807, 2.05) is 0 Å². The summed E-state index contributed by atoms with van der Waals surface area (Å²) >= 11 is 0. The summed E-state index contributed by atoms with van der Waals surface area (Å²) < 4.78 is 38.4. The van der Waals surface area contributed by atoms with Crippen LogP contribution in [-0.2, 0) is 11.0 Å². The maximum absolute atomic E-state index is 12.8. The van der Waals surface area contributed by atoms with E-state index < -0.39 is 11.7 Å². The van der Waals surface area contributed by atoms with Crippen LogP contribution in [0.4, 0.5) is 18.9 Å². The second-order valence-corrected chi connectivity index (χ2v) is 6.45. The van der Waals surface area contributed by atoms with E-state index in [0.29, 0.717) is 11.5 Å². The summed E-state index contributed by atoms with van der Waals surface area (Å²) in [6.45, 7) is 1.68. The van der Waals surface area contributed by atoms with Crippen LogP contribution in [0.2, 0.25) is 0 Å². The molecule has 4 atom stereocenters. The molecule has 4 unspecified atom stereocenters. The van der Waals surface area contributed by atoms with Crippen molar-refractivity contribution in [3.8, 4) is 0 Å². The van der Waals surface area contributed by atoms with E-state index in [9.17, 15) is 18.0 Å². The third-order valence-corrected chi connectivity index (χ3v) is 5.11. The van der Waals surface area contributed by atoms with Gasteiger partial charge in [-0.05, 0) is 55.7 Å². The fourth-order valence-corrected chi connectivity index (χ4v) is 3.87. The Bertz CT molecular complexity index is 603. The van der Waals surface area contributed by atoms with Crippen LogP contribution in [0.15, 0.2) is 18.2 Å². The maximum atomic E-state index is 12.8. The lowest BCUT2D eigenvalue weighted by Gasteiger charge is -2.27. The van der Waals surface area contributed by atoms with Crippen LogP contribution in [0.3, 0.4) is 0 Å². The molecule has 2 aliphatic rings. The molecule has 3 nitrogen and oxygen atoms in total. The average Bonchev–Trinajstić information content (AvgIpc) is 3.00. The Hall–Kier alpha value is -1.27. The topological polar surface area (TPSA) is 55.1 Å². The molecule has 2 saturated carbocycles. The van der Waals surface area contributed by atoms with Gasteiger partial charge in [-0.2, -0.15) is 13.2 Å². The number of rotatable bonds is 2. The van der Waals surface area contributed by atoms with Crippen molar-refractivity contribution in [3.05, 3.63) is 29.3 Å². The van der Waals surface area contributed by atoms with E-state index in [2.05, 4.69) is 5.32 Å². The van der Waals surface area contributed by atoms with Gasteiger partial charge in [-0.3, -0.25) is 4.79 Å². The fourth-order valence-electron chi connectivity index (χ4n) is 3.87. The highest BCUT2D eigenvalue weighted by molar-refractivity contribution is 5.94. The van der Waals surface area contributed by atoms with Gasteiger partial charge in [0.2, 0.25) is 5.91 Å². The molecule has 2 fully saturated rings. The second-order valence-electron chi connectivity index (χ2n) is 6.45. The molecule has 128 valence electrons. The summed E-state index contributed by atoms with van der Waals surface area (Å²) in [4.78, 5) is 12.5. The molecule has 1 aromatic carbocycles. The molecular weight excluding hydrogens is 329 g/mol. The highest BCUT2D eigenvalue weighted by Crippen LogP contribution is 2.48. The van der Waals surface area contributed by atoms with Gasteiger partial charge >= 0.3 is 6.18 Å². The summed E-state index contributed by atoms with van der Waals surface area (Å²) in [6.07, 6.45) is -1.42. The number of anilines is 1. The number of hydrogen-bond acceptors (Lipinski definition) is 2. The number of carbonyl (C=O) groups is 1. The van der Waals surface area contributed by atoms with Gasteiger partial charge in [0.1, 0.15) is 0 Å². The molecule has 2 aliphatic carbocycles. The van der Waals surface area contributed by atoms with Crippen molar-refractivity contribution in [3.63, 3.8) is 0 Å². The van der Waals surface area contributed by atoms with Gasteiger partial charge in [-0.1, -0.05) is 6.07 Å². The molecule has 23 heavy (non-hydrogen) atoms. The standard InChI is InChI=1S/C16H19F3N2O.ClH/c1-8-2-5-11(16(17,18)19)7-12(8)21-15(22)13-9-3-4-10(6-9)14(13)20;/h2,5,7,9-10,13-14H,3-4,6,20H2,1H3,(H,21,22);1H. The van der Waals surface area contributed by atoms with Crippen LogP contribution in [0.1, 0.15) is 30.4 Å². The Morgan fingerprint density at radius 2 is 1.91 bits per heavy atom. The van der Waals surface area contributed by atoms with Crippen molar-refractivity contribution in [1.82, 2.24) is 0 Å². The monoisotopic (exact) mass is 348 g/mol. The minimum Gasteiger partial charge on any atom is -0.327 e. The zero-order valence-corrected chi connectivity index (χ0v) is 13.5. The largest absolute Gasteiger partial charge is 0.416 e. The lowest BCUT2D eigenvalue weighted by molar-refractivity contribution is -0.137. The van der Waals surface area contributed by atoms with E-state index >= 15 is 0 Å². The summed E-state index contributed by atoms with van der Waals surface area (Å²) in [5.41, 5.74) is 6.18. The van der Waals surface area contributed by atoms with Crippen LogP contribution >= 0.6 is 12.4 Å². The third kappa shape index (κ3) is 3.33. The SMILES string of the molecule is Cc1ccc(C(F)(F)F)cc1NC(=O)C1C2CCC(C2)C1N.Cl. The van der Waals surface area contributed by atoms with Crippen LogP contribution < -0.4 is 11.1 Å². The number of nitrogens with two attached hydrogens (primary N) is 1. The predicted molar refractivity (Wildman–Crippen MR) is 84.4 cm³/mol. The van der Waals surface area contributed by atoms with Crippen molar-refractivity contribution in [2.45, 2.75) is 38.4 Å². The average molecular weight is 349 g/mol. The summed E-state index contributed by atoms with van der Waals surface area (Å²) in [6, 6.07) is 3.21. The molecular formula is C16H20ClF3N2O. The number of benzene rings is 1. The minimum atomic E-state index is -4.42. The molecule has 0 spiro atoms. The molecule has 0 radical (unpaired) electrons. The number of carbonyl (C=O) groups excluding carboxylic acids is 1. The quantitative estimate of drug-likeness (QED) is 0.855. The first-order chi connectivity index (χ1) is 10.3. The van der Waals surface area contributed by atoms with Gasteiger partial charge in [-0.25, -0.2) is 0 Å². The normalized spacial score (nSPS) is 29.3. The minimum absolute atomic E-state index is 0. The molecule has 7 heteroatoms. The van der Waals surface area contributed by atoms with Gasteiger partial charge in [0, 0.05) is 11.7 Å². The van der Waals surface area contributed by atoms with Gasteiger partial charge in [-0.15, -0.1) is 12.4 Å². The van der Waals surface area contributed by atoms with E-state index in [0.717, 1.165) is 31.4 Å². The smallest absolute Gasteiger partial charge is 0.327 e. The summed E-state index contributed by atoms with van der Waals surface area (Å²) in [7, 11) is 0. The van der Waals surface area contributed by atoms with Crippen molar-refractivity contribution >= 4 is 24.0 Å². The lowest BCUT2D eigenvalue weighted by Crippen LogP contribution is -2.42.